The van der Waals surface area contributed by atoms with Crippen molar-refractivity contribution in [3.63, 3.8) is 0 Å². The maximum absolute atomic E-state index is 13.2. The molecule has 3 aromatic carbocycles. The molecule has 4 aromatic rings. The van der Waals surface area contributed by atoms with Gasteiger partial charge in [-0.25, -0.2) is 13.5 Å². The van der Waals surface area contributed by atoms with E-state index in [4.69, 9.17) is 4.74 Å². The number of aromatic nitrogens is 2. The molecule has 0 aliphatic rings. The SMILES string of the molecule is Fc1ccc(-n2ncc3cc(Oc4cccc(F)c4)ccc32)cc1. The van der Waals surface area contributed by atoms with E-state index < -0.39 is 0 Å². The highest BCUT2D eigenvalue weighted by Crippen LogP contribution is 2.27. The van der Waals surface area contributed by atoms with Crippen molar-refractivity contribution in [3.8, 4) is 17.2 Å². The zero-order valence-corrected chi connectivity index (χ0v) is 12.5. The van der Waals surface area contributed by atoms with Crippen LogP contribution in [0.25, 0.3) is 16.6 Å². The molecule has 4 rings (SSSR count). The molecule has 0 spiro atoms. The molecular weight excluding hydrogens is 310 g/mol. The fraction of sp³-hybridized carbons (Fsp3) is 0. The van der Waals surface area contributed by atoms with Crippen LogP contribution >= 0.6 is 0 Å². The second-order valence-electron chi connectivity index (χ2n) is 5.31. The van der Waals surface area contributed by atoms with Crippen LogP contribution in [0.3, 0.4) is 0 Å². The van der Waals surface area contributed by atoms with Gasteiger partial charge in [0.25, 0.3) is 0 Å². The second kappa shape index (κ2) is 5.77. The van der Waals surface area contributed by atoms with Gasteiger partial charge in [-0.2, -0.15) is 5.10 Å². The topological polar surface area (TPSA) is 27.1 Å². The summed E-state index contributed by atoms with van der Waals surface area (Å²) in [5.41, 5.74) is 1.64. The standard InChI is InChI=1S/C19H12F2N2O/c20-14-4-6-16(7-5-14)23-19-9-8-18(10-13(19)12-22-23)24-17-3-1-2-15(21)11-17/h1-12H. The molecule has 5 heteroatoms. The minimum atomic E-state index is -0.349. The molecule has 0 N–H and O–H groups in total. The van der Waals surface area contributed by atoms with Crippen LogP contribution in [0.15, 0.2) is 72.9 Å². The van der Waals surface area contributed by atoms with Gasteiger partial charge in [0.15, 0.2) is 0 Å². The van der Waals surface area contributed by atoms with Crippen LogP contribution in [0.4, 0.5) is 8.78 Å². The molecule has 0 saturated heterocycles. The molecule has 0 radical (unpaired) electrons. The summed E-state index contributed by atoms with van der Waals surface area (Å²) in [5.74, 6) is 0.380. The molecule has 0 fully saturated rings. The van der Waals surface area contributed by atoms with E-state index in [2.05, 4.69) is 5.10 Å². The fourth-order valence-electron chi connectivity index (χ4n) is 2.53. The minimum Gasteiger partial charge on any atom is -0.457 e. The maximum atomic E-state index is 13.2. The van der Waals surface area contributed by atoms with Crippen LogP contribution in [0.2, 0.25) is 0 Å². The summed E-state index contributed by atoms with van der Waals surface area (Å²) in [6.45, 7) is 0. The number of fused-ring (bicyclic) bond motifs is 1. The Bertz CT molecular complexity index is 1010. The third-order valence-corrected chi connectivity index (χ3v) is 3.64. The van der Waals surface area contributed by atoms with Crippen LogP contribution < -0.4 is 4.74 Å². The Hall–Kier alpha value is -3.21. The van der Waals surface area contributed by atoms with Crippen molar-refractivity contribution in [2.45, 2.75) is 0 Å². The van der Waals surface area contributed by atoms with E-state index in [1.807, 2.05) is 12.1 Å². The number of rotatable bonds is 3. The van der Waals surface area contributed by atoms with Crippen LogP contribution in [0.5, 0.6) is 11.5 Å². The van der Waals surface area contributed by atoms with E-state index in [-0.39, 0.29) is 11.6 Å². The largest absolute Gasteiger partial charge is 0.457 e. The third-order valence-electron chi connectivity index (χ3n) is 3.64. The van der Waals surface area contributed by atoms with E-state index in [9.17, 15) is 8.78 Å². The molecule has 0 aliphatic carbocycles. The van der Waals surface area contributed by atoms with Gasteiger partial charge in [0.05, 0.1) is 17.4 Å². The molecule has 0 amide bonds. The molecule has 0 saturated carbocycles. The van der Waals surface area contributed by atoms with E-state index in [0.29, 0.717) is 11.5 Å². The van der Waals surface area contributed by atoms with Crippen molar-refractivity contribution in [2.75, 3.05) is 0 Å². The molecule has 0 aliphatic heterocycles. The normalized spacial score (nSPS) is 10.9. The number of ether oxygens (including phenoxy) is 1. The van der Waals surface area contributed by atoms with Crippen molar-refractivity contribution in [1.82, 2.24) is 9.78 Å². The molecule has 0 bridgehead atoms. The van der Waals surface area contributed by atoms with Crippen molar-refractivity contribution < 1.29 is 13.5 Å². The number of hydrogen-bond donors (Lipinski definition) is 0. The first-order valence-corrected chi connectivity index (χ1v) is 7.36. The highest BCUT2D eigenvalue weighted by molar-refractivity contribution is 5.81. The first-order chi connectivity index (χ1) is 11.7. The fourth-order valence-corrected chi connectivity index (χ4v) is 2.53. The summed E-state index contributed by atoms with van der Waals surface area (Å²) in [5, 5.41) is 5.20. The Morgan fingerprint density at radius 2 is 1.58 bits per heavy atom. The van der Waals surface area contributed by atoms with Gasteiger partial charge in [0.1, 0.15) is 23.1 Å². The van der Waals surface area contributed by atoms with Crippen LogP contribution in [-0.2, 0) is 0 Å². The quantitative estimate of drug-likeness (QED) is 0.525. The zero-order chi connectivity index (χ0) is 16.5. The number of nitrogens with zero attached hydrogens (tertiary/aromatic N) is 2. The van der Waals surface area contributed by atoms with Crippen LogP contribution in [0, 0.1) is 11.6 Å². The highest BCUT2D eigenvalue weighted by atomic mass is 19.1. The molecule has 3 nitrogen and oxygen atoms in total. The summed E-state index contributed by atoms with van der Waals surface area (Å²) in [7, 11) is 0. The predicted octanol–water partition coefficient (Wildman–Crippen LogP) is 5.10. The van der Waals surface area contributed by atoms with Crippen LogP contribution in [-0.4, -0.2) is 9.78 Å². The van der Waals surface area contributed by atoms with E-state index in [0.717, 1.165) is 16.6 Å². The van der Waals surface area contributed by atoms with Crippen molar-refractivity contribution in [1.29, 1.82) is 0 Å². The van der Waals surface area contributed by atoms with E-state index in [1.54, 1.807) is 41.2 Å². The molecule has 0 unspecified atom stereocenters. The summed E-state index contributed by atoms with van der Waals surface area (Å²) in [4.78, 5) is 0. The lowest BCUT2D eigenvalue weighted by atomic mass is 10.2. The lowest BCUT2D eigenvalue weighted by Gasteiger charge is -2.07. The predicted molar refractivity (Wildman–Crippen MR) is 87.5 cm³/mol. The van der Waals surface area contributed by atoms with E-state index >= 15 is 0 Å². The van der Waals surface area contributed by atoms with Gasteiger partial charge in [-0.05, 0) is 54.6 Å². The molecule has 0 atom stereocenters. The van der Waals surface area contributed by atoms with Gasteiger partial charge in [0, 0.05) is 11.5 Å². The average molecular weight is 322 g/mol. The first-order valence-electron chi connectivity index (χ1n) is 7.36. The van der Waals surface area contributed by atoms with E-state index in [1.165, 1.54) is 24.3 Å². The third kappa shape index (κ3) is 2.72. The maximum Gasteiger partial charge on any atom is 0.130 e. The monoisotopic (exact) mass is 322 g/mol. The van der Waals surface area contributed by atoms with Crippen molar-refractivity contribution in [2.24, 2.45) is 0 Å². The van der Waals surface area contributed by atoms with Crippen molar-refractivity contribution in [3.05, 3.63) is 84.6 Å². The van der Waals surface area contributed by atoms with Crippen molar-refractivity contribution >= 4 is 10.9 Å². The van der Waals surface area contributed by atoms with Gasteiger partial charge < -0.3 is 4.74 Å². The average Bonchev–Trinajstić information content (AvgIpc) is 2.99. The Labute approximate surface area is 136 Å². The Morgan fingerprint density at radius 3 is 2.38 bits per heavy atom. The lowest BCUT2D eigenvalue weighted by Crippen LogP contribution is -1.95. The summed E-state index contributed by atoms with van der Waals surface area (Å²) >= 11 is 0. The smallest absolute Gasteiger partial charge is 0.130 e. The molecule has 1 aromatic heterocycles. The molecular formula is C19H12F2N2O. The van der Waals surface area contributed by atoms with Gasteiger partial charge in [-0.1, -0.05) is 6.07 Å². The van der Waals surface area contributed by atoms with Crippen LogP contribution in [0.1, 0.15) is 0 Å². The van der Waals surface area contributed by atoms with Gasteiger partial charge >= 0.3 is 0 Å². The molecule has 118 valence electrons. The first kappa shape index (κ1) is 14.4. The zero-order valence-electron chi connectivity index (χ0n) is 12.5. The number of benzene rings is 3. The Kier molecular flexibility index (Phi) is 3.46. The highest BCUT2D eigenvalue weighted by Gasteiger charge is 2.07. The molecule has 1 heterocycles. The second-order valence-corrected chi connectivity index (χ2v) is 5.31. The van der Waals surface area contributed by atoms with Gasteiger partial charge in [-0.15, -0.1) is 0 Å². The summed E-state index contributed by atoms with van der Waals surface area (Å²) in [6.07, 6.45) is 1.71. The summed E-state index contributed by atoms with van der Waals surface area (Å²) in [6, 6.07) is 17.6. The van der Waals surface area contributed by atoms with Gasteiger partial charge in [-0.3, -0.25) is 0 Å². The molecule has 24 heavy (non-hydrogen) atoms. The number of hydrogen-bond acceptors (Lipinski definition) is 2. The number of halogens is 2. The Morgan fingerprint density at radius 1 is 0.792 bits per heavy atom. The Balaban J connectivity index is 1.69. The lowest BCUT2D eigenvalue weighted by molar-refractivity contribution is 0.477. The van der Waals surface area contributed by atoms with Gasteiger partial charge in [0.2, 0.25) is 0 Å². The minimum absolute atomic E-state index is 0.291. The summed E-state index contributed by atoms with van der Waals surface area (Å²) < 4.78 is 33.7.